The Morgan fingerprint density at radius 2 is 1.83 bits per heavy atom. The molecule has 3 aromatic rings. The van der Waals surface area contributed by atoms with Crippen LogP contribution in [0.25, 0.3) is 11.3 Å². The van der Waals surface area contributed by atoms with Crippen LogP contribution in [0.3, 0.4) is 0 Å². The molecule has 0 bridgehead atoms. The molecule has 3 rings (SSSR count). The van der Waals surface area contributed by atoms with Crippen molar-refractivity contribution >= 4 is 18.3 Å². The molecule has 1 atom stereocenters. The minimum absolute atomic E-state index is 0. The molecule has 0 fully saturated rings. The van der Waals surface area contributed by atoms with Crippen LogP contribution in [0.1, 0.15) is 22.8 Å². The Hall–Kier alpha value is -2.83. The summed E-state index contributed by atoms with van der Waals surface area (Å²) in [4.78, 5) is 12.8. The Morgan fingerprint density at radius 3 is 2.45 bits per heavy atom. The van der Waals surface area contributed by atoms with Gasteiger partial charge in [0.05, 0.1) is 19.2 Å². The third-order valence-corrected chi connectivity index (χ3v) is 4.62. The Kier molecular flexibility index (Phi) is 8.24. The highest BCUT2D eigenvalue weighted by Crippen LogP contribution is 2.25. The molecule has 0 saturated heterocycles. The van der Waals surface area contributed by atoms with Gasteiger partial charge in [0.25, 0.3) is 5.91 Å². The van der Waals surface area contributed by atoms with Crippen LogP contribution in [0.4, 0.5) is 0 Å². The summed E-state index contributed by atoms with van der Waals surface area (Å²) >= 11 is 0. The number of aromatic nitrogens is 2. The van der Waals surface area contributed by atoms with Crippen LogP contribution >= 0.6 is 12.4 Å². The van der Waals surface area contributed by atoms with Crippen molar-refractivity contribution in [1.82, 2.24) is 20.4 Å². The van der Waals surface area contributed by atoms with Crippen molar-refractivity contribution in [2.45, 2.75) is 19.5 Å². The molecule has 0 aliphatic rings. The number of amides is 1. The molecule has 0 aliphatic heterocycles. The second-order valence-corrected chi connectivity index (χ2v) is 6.70. The second kappa shape index (κ2) is 10.6. The first kappa shape index (κ1) is 22.5. The fourth-order valence-corrected chi connectivity index (χ4v) is 2.84. The summed E-state index contributed by atoms with van der Waals surface area (Å²) in [7, 11) is 3.50. The van der Waals surface area contributed by atoms with Crippen molar-refractivity contribution in [3.8, 4) is 17.0 Å². The maximum Gasteiger partial charge on any atom is 0.255 e. The second-order valence-electron chi connectivity index (χ2n) is 6.70. The highest BCUT2D eigenvalue weighted by molar-refractivity contribution is 5.99. The fourth-order valence-electron chi connectivity index (χ4n) is 2.84. The molecule has 0 radical (unpaired) electrons. The lowest BCUT2D eigenvalue weighted by atomic mass is 10.1. The smallest absolute Gasteiger partial charge is 0.255 e. The zero-order valence-electron chi connectivity index (χ0n) is 16.9. The van der Waals surface area contributed by atoms with Crippen LogP contribution in [0.15, 0.2) is 60.8 Å². The molecule has 154 valence electrons. The number of halogens is 1. The predicted octanol–water partition coefficient (Wildman–Crippen LogP) is 3.37. The third kappa shape index (κ3) is 5.82. The SMILES string of the molecule is CNC(C)CNC(=O)c1cn(Cc2ccccc2)nc1-c1ccc(OC)cc1.Cl. The molecular weight excluding hydrogens is 388 g/mol. The molecular formula is C22H27ClN4O2. The first-order chi connectivity index (χ1) is 13.6. The molecule has 2 aromatic carbocycles. The largest absolute Gasteiger partial charge is 0.497 e. The summed E-state index contributed by atoms with van der Waals surface area (Å²) in [6.45, 7) is 3.16. The van der Waals surface area contributed by atoms with E-state index in [2.05, 4.69) is 10.6 Å². The van der Waals surface area contributed by atoms with E-state index >= 15 is 0 Å². The van der Waals surface area contributed by atoms with Gasteiger partial charge in [-0.1, -0.05) is 30.3 Å². The van der Waals surface area contributed by atoms with E-state index in [0.29, 0.717) is 24.3 Å². The van der Waals surface area contributed by atoms with Crippen LogP contribution in [-0.2, 0) is 6.54 Å². The Balaban J connectivity index is 0.00000300. The molecule has 7 heteroatoms. The van der Waals surface area contributed by atoms with Gasteiger partial charge >= 0.3 is 0 Å². The van der Waals surface area contributed by atoms with Crippen molar-refractivity contribution < 1.29 is 9.53 Å². The summed E-state index contributed by atoms with van der Waals surface area (Å²) in [6, 6.07) is 17.8. The minimum Gasteiger partial charge on any atom is -0.497 e. The standard InChI is InChI=1S/C22H26N4O2.ClH/c1-16(23-2)13-24-22(27)20-15-26(14-17-7-5-4-6-8-17)25-21(20)18-9-11-19(28-3)12-10-18;/h4-12,15-16,23H,13-14H2,1-3H3,(H,24,27);1H. The highest BCUT2D eigenvalue weighted by atomic mass is 35.5. The van der Waals surface area contributed by atoms with Crippen molar-refractivity contribution in [3.05, 3.63) is 71.9 Å². The molecule has 29 heavy (non-hydrogen) atoms. The number of methoxy groups -OCH3 is 1. The average Bonchev–Trinajstić information content (AvgIpc) is 3.16. The van der Waals surface area contributed by atoms with Crippen LogP contribution in [-0.4, -0.2) is 42.4 Å². The predicted molar refractivity (Wildman–Crippen MR) is 118 cm³/mol. The Bertz CT molecular complexity index is 910. The van der Waals surface area contributed by atoms with E-state index in [-0.39, 0.29) is 24.4 Å². The molecule has 1 heterocycles. The van der Waals surface area contributed by atoms with Gasteiger partial charge in [-0.15, -0.1) is 12.4 Å². The van der Waals surface area contributed by atoms with Crippen LogP contribution in [0.2, 0.25) is 0 Å². The first-order valence-electron chi connectivity index (χ1n) is 9.32. The van der Waals surface area contributed by atoms with E-state index < -0.39 is 0 Å². The van der Waals surface area contributed by atoms with Crippen molar-refractivity contribution in [1.29, 1.82) is 0 Å². The van der Waals surface area contributed by atoms with E-state index in [1.165, 1.54) is 0 Å². The summed E-state index contributed by atoms with van der Waals surface area (Å²) in [6.07, 6.45) is 1.81. The summed E-state index contributed by atoms with van der Waals surface area (Å²) in [5.74, 6) is 0.633. The van der Waals surface area contributed by atoms with Gasteiger partial charge in [0.1, 0.15) is 11.4 Å². The van der Waals surface area contributed by atoms with Gasteiger partial charge in [-0.25, -0.2) is 0 Å². The van der Waals surface area contributed by atoms with Crippen molar-refractivity contribution in [3.63, 3.8) is 0 Å². The minimum atomic E-state index is -0.132. The quantitative estimate of drug-likeness (QED) is 0.593. The normalized spacial score (nSPS) is 11.4. The third-order valence-electron chi connectivity index (χ3n) is 4.62. The van der Waals surface area contributed by atoms with Crippen LogP contribution in [0.5, 0.6) is 5.75 Å². The van der Waals surface area contributed by atoms with Gasteiger partial charge < -0.3 is 15.4 Å². The molecule has 6 nitrogen and oxygen atoms in total. The van der Waals surface area contributed by atoms with E-state index in [9.17, 15) is 4.79 Å². The Labute approximate surface area is 177 Å². The lowest BCUT2D eigenvalue weighted by Crippen LogP contribution is -2.37. The van der Waals surface area contributed by atoms with Gasteiger partial charge in [-0.3, -0.25) is 9.48 Å². The molecule has 0 spiro atoms. The molecule has 0 aliphatic carbocycles. The zero-order valence-corrected chi connectivity index (χ0v) is 17.7. The maximum absolute atomic E-state index is 12.8. The Morgan fingerprint density at radius 1 is 1.14 bits per heavy atom. The van der Waals surface area contributed by atoms with Crippen LogP contribution in [0, 0.1) is 0 Å². The molecule has 1 aromatic heterocycles. The number of rotatable bonds is 8. The summed E-state index contributed by atoms with van der Waals surface area (Å²) < 4.78 is 7.04. The molecule has 1 amide bonds. The number of carbonyl (C=O) groups is 1. The van der Waals surface area contributed by atoms with Crippen molar-refractivity contribution in [2.24, 2.45) is 0 Å². The average molecular weight is 415 g/mol. The monoisotopic (exact) mass is 414 g/mol. The lowest BCUT2D eigenvalue weighted by Gasteiger charge is -2.11. The van der Waals surface area contributed by atoms with Gasteiger partial charge in [0, 0.05) is 24.3 Å². The number of likely N-dealkylation sites (N-methyl/N-ethyl adjacent to an activating group) is 1. The highest BCUT2D eigenvalue weighted by Gasteiger charge is 2.18. The topological polar surface area (TPSA) is 68.2 Å². The van der Waals surface area contributed by atoms with E-state index in [1.807, 2.05) is 79.4 Å². The van der Waals surface area contributed by atoms with Gasteiger partial charge in [-0.05, 0) is 43.8 Å². The molecule has 0 saturated carbocycles. The zero-order chi connectivity index (χ0) is 19.9. The fraction of sp³-hybridized carbons (Fsp3) is 0.273. The van der Waals surface area contributed by atoms with Crippen LogP contribution < -0.4 is 15.4 Å². The van der Waals surface area contributed by atoms with Gasteiger partial charge in [-0.2, -0.15) is 5.10 Å². The van der Waals surface area contributed by atoms with E-state index in [4.69, 9.17) is 9.84 Å². The van der Waals surface area contributed by atoms with Crippen molar-refractivity contribution in [2.75, 3.05) is 20.7 Å². The number of benzene rings is 2. The first-order valence-corrected chi connectivity index (χ1v) is 9.32. The number of nitrogens with zero attached hydrogens (tertiary/aromatic N) is 2. The molecule has 2 N–H and O–H groups in total. The van der Waals surface area contributed by atoms with E-state index in [0.717, 1.165) is 16.9 Å². The number of carbonyl (C=O) groups excluding carboxylic acids is 1. The maximum atomic E-state index is 12.8. The number of hydrogen-bond acceptors (Lipinski definition) is 4. The summed E-state index contributed by atoms with van der Waals surface area (Å²) in [5.41, 5.74) is 3.22. The number of ether oxygens (including phenoxy) is 1. The number of nitrogens with one attached hydrogen (secondary N) is 2. The summed E-state index contributed by atoms with van der Waals surface area (Å²) in [5, 5.41) is 10.8. The van der Waals surface area contributed by atoms with Gasteiger partial charge in [0.15, 0.2) is 0 Å². The van der Waals surface area contributed by atoms with E-state index in [1.54, 1.807) is 7.11 Å². The molecule has 1 unspecified atom stereocenters. The van der Waals surface area contributed by atoms with Gasteiger partial charge in [0.2, 0.25) is 0 Å². The lowest BCUT2D eigenvalue weighted by molar-refractivity contribution is 0.0951. The number of hydrogen-bond donors (Lipinski definition) is 2.